The number of aryl methyl sites for hydroxylation is 1. The van der Waals surface area contributed by atoms with Gasteiger partial charge in [-0.1, -0.05) is 6.07 Å². The van der Waals surface area contributed by atoms with Crippen LogP contribution in [0.2, 0.25) is 0 Å². The maximum atomic E-state index is 11.1. The van der Waals surface area contributed by atoms with Crippen molar-refractivity contribution in [3.63, 3.8) is 0 Å². The Kier molecular flexibility index (Phi) is 2.89. The number of Topliss-reactive ketones (excluding diaryl/α,β-unsaturated/α-hetero) is 1. The fourth-order valence-corrected chi connectivity index (χ4v) is 1.61. The predicted octanol–water partition coefficient (Wildman–Crippen LogP) is 2.16. The molecule has 64 valence electrons. The number of carbonyl (C=O) groups excluding carboxylic acids is 1. The molecule has 2 nitrogen and oxygen atoms in total. The summed E-state index contributed by atoms with van der Waals surface area (Å²) in [7, 11) is 0. The standard InChI is InChI=1S/C9H11NOS/c1-6-3-4-8(7(2)11)9(5-6)12-10/h3-5H,10H2,1-2H3. The van der Waals surface area contributed by atoms with E-state index in [1.165, 1.54) is 0 Å². The van der Waals surface area contributed by atoms with E-state index in [1.54, 1.807) is 6.92 Å². The van der Waals surface area contributed by atoms with E-state index in [-0.39, 0.29) is 5.78 Å². The minimum absolute atomic E-state index is 0.0583. The molecule has 0 saturated heterocycles. The number of ketones is 1. The number of benzene rings is 1. The smallest absolute Gasteiger partial charge is 0.160 e. The molecule has 1 aromatic rings. The van der Waals surface area contributed by atoms with E-state index in [9.17, 15) is 4.79 Å². The Morgan fingerprint density at radius 3 is 2.67 bits per heavy atom. The highest BCUT2D eigenvalue weighted by atomic mass is 32.2. The lowest BCUT2D eigenvalue weighted by Crippen LogP contribution is -1.96. The average molecular weight is 181 g/mol. The topological polar surface area (TPSA) is 43.1 Å². The quantitative estimate of drug-likeness (QED) is 0.561. The fraction of sp³-hybridized carbons (Fsp3) is 0.222. The molecule has 1 rings (SSSR count). The Morgan fingerprint density at radius 1 is 1.50 bits per heavy atom. The number of rotatable bonds is 2. The van der Waals surface area contributed by atoms with Crippen LogP contribution in [0, 0.1) is 6.92 Å². The molecule has 0 aliphatic rings. The van der Waals surface area contributed by atoms with E-state index in [2.05, 4.69) is 0 Å². The van der Waals surface area contributed by atoms with Crippen molar-refractivity contribution >= 4 is 17.7 Å². The van der Waals surface area contributed by atoms with Crippen LogP contribution in [0.25, 0.3) is 0 Å². The Balaban J connectivity index is 3.20. The molecule has 2 N–H and O–H groups in total. The van der Waals surface area contributed by atoms with Crippen LogP contribution in [-0.2, 0) is 0 Å². The highest BCUT2D eigenvalue weighted by Crippen LogP contribution is 2.19. The van der Waals surface area contributed by atoms with Crippen molar-refractivity contribution in [2.24, 2.45) is 5.14 Å². The molecule has 0 atom stereocenters. The number of carbonyl (C=O) groups is 1. The molecule has 0 bridgehead atoms. The van der Waals surface area contributed by atoms with E-state index in [1.807, 2.05) is 25.1 Å². The van der Waals surface area contributed by atoms with Crippen molar-refractivity contribution in [1.29, 1.82) is 0 Å². The summed E-state index contributed by atoms with van der Waals surface area (Å²) in [4.78, 5) is 11.9. The van der Waals surface area contributed by atoms with Gasteiger partial charge in [0.1, 0.15) is 0 Å². The van der Waals surface area contributed by atoms with E-state index in [0.29, 0.717) is 5.56 Å². The summed E-state index contributed by atoms with van der Waals surface area (Å²) in [6.07, 6.45) is 0. The molecule has 0 amide bonds. The number of hydrogen-bond acceptors (Lipinski definition) is 3. The van der Waals surface area contributed by atoms with Crippen LogP contribution in [0.1, 0.15) is 22.8 Å². The van der Waals surface area contributed by atoms with Gasteiger partial charge in [-0.05, 0) is 43.5 Å². The minimum atomic E-state index is 0.0583. The molecule has 0 spiro atoms. The number of nitrogens with two attached hydrogens (primary N) is 1. The third-order valence-electron chi connectivity index (χ3n) is 1.64. The third-order valence-corrected chi connectivity index (χ3v) is 2.24. The summed E-state index contributed by atoms with van der Waals surface area (Å²) in [5.74, 6) is 0.0583. The van der Waals surface area contributed by atoms with E-state index >= 15 is 0 Å². The van der Waals surface area contributed by atoms with Crippen molar-refractivity contribution in [2.45, 2.75) is 18.7 Å². The Hall–Kier alpha value is -0.800. The first kappa shape index (κ1) is 9.29. The molecule has 0 aliphatic carbocycles. The molecule has 0 aliphatic heterocycles. The first-order valence-electron chi connectivity index (χ1n) is 3.63. The summed E-state index contributed by atoms with van der Waals surface area (Å²) >= 11 is 1.12. The van der Waals surface area contributed by atoms with Crippen LogP contribution in [0.4, 0.5) is 0 Å². The van der Waals surface area contributed by atoms with Gasteiger partial charge >= 0.3 is 0 Å². The molecular formula is C9H11NOS. The van der Waals surface area contributed by atoms with Gasteiger partial charge in [-0.2, -0.15) is 0 Å². The maximum Gasteiger partial charge on any atom is 0.160 e. The summed E-state index contributed by atoms with van der Waals surface area (Å²) < 4.78 is 0. The molecule has 3 heteroatoms. The van der Waals surface area contributed by atoms with Crippen LogP contribution in [0.3, 0.4) is 0 Å². The minimum Gasteiger partial charge on any atom is -0.294 e. The van der Waals surface area contributed by atoms with Crippen molar-refractivity contribution in [3.05, 3.63) is 29.3 Å². The normalized spacial score (nSPS) is 9.92. The lowest BCUT2D eigenvalue weighted by molar-refractivity contribution is 0.101. The Bertz CT molecular complexity index is 309. The zero-order valence-electron chi connectivity index (χ0n) is 7.13. The van der Waals surface area contributed by atoms with Gasteiger partial charge in [0, 0.05) is 10.5 Å². The van der Waals surface area contributed by atoms with Gasteiger partial charge in [-0.3, -0.25) is 9.93 Å². The van der Waals surface area contributed by atoms with Crippen molar-refractivity contribution in [3.8, 4) is 0 Å². The molecule has 0 fully saturated rings. The first-order chi connectivity index (χ1) is 5.65. The maximum absolute atomic E-state index is 11.1. The lowest BCUT2D eigenvalue weighted by Gasteiger charge is -2.03. The molecule has 0 saturated carbocycles. The summed E-state index contributed by atoms with van der Waals surface area (Å²) in [6.45, 7) is 3.52. The SMILES string of the molecule is CC(=O)c1ccc(C)cc1SN. The van der Waals surface area contributed by atoms with Crippen molar-refractivity contribution < 1.29 is 4.79 Å². The van der Waals surface area contributed by atoms with Gasteiger partial charge in [0.2, 0.25) is 0 Å². The van der Waals surface area contributed by atoms with Gasteiger partial charge in [0.25, 0.3) is 0 Å². The Morgan fingerprint density at radius 2 is 2.17 bits per heavy atom. The van der Waals surface area contributed by atoms with Crippen molar-refractivity contribution in [1.82, 2.24) is 0 Å². The molecule has 1 aromatic carbocycles. The van der Waals surface area contributed by atoms with E-state index in [0.717, 1.165) is 22.4 Å². The third kappa shape index (κ3) is 1.87. The van der Waals surface area contributed by atoms with Gasteiger partial charge in [0.05, 0.1) is 0 Å². The Labute approximate surface area is 76.3 Å². The van der Waals surface area contributed by atoms with Gasteiger partial charge in [0.15, 0.2) is 5.78 Å². The second-order valence-electron chi connectivity index (χ2n) is 2.67. The van der Waals surface area contributed by atoms with E-state index in [4.69, 9.17) is 5.14 Å². The van der Waals surface area contributed by atoms with Crippen LogP contribution in [0.15, 0.2) is 23.1 Å². The highest BCUT2D eigenvalue weighted by molar-refractivity contribution is 7.97. The fourth-order valence-electron chi connectivity index (χ4n) is 1.02. The van der Waals surface area contributed by atoms with Crippen LogP contribution in [-0.4, -0.2) is 5.78 Å². The summed E-state index contributed by atoms with van der Waals surface area (Å²) in [5, 5.41) is 5.42. The lowest BCUT2D eigenvalue weighted by atomic mass is 10.1. The van der Waals surface area contributed by atoms with Gasteiger partial charge < -0.3 is 0 Å². The molecular weight excluding hydrogens is 170 g/mol. The van der Waals surface area contributed by atoms with E-state index < -0.39 is 0 Å². The zero-order chi connectivity index (χ0) is 9.14. The molecule has 0 unspecified atom stereocenters. The van der Waals surface area contributed by atoms with Crippen LogP contribution >= 0.6 is 11.9 Å². The first-order valence-corrected chi connectivity index (χ1v) is 4.51. The van der Waals surface area contributed by atoms with Crippen LogP contribution < -0.4 is 5.14 Å². The van der Waals surface area contributed by atoms with Gasteiger partial charge in [-0.25, -0.2) is 0 Å². The zero-order valence-corrected chi connectivity index (χ0v) is 7.94. The molecule has 12 heavy (non-hydrogen) atoms. The summed E-state index contributed by atoms with van der Waals surface area (Å²) in [5.41, 5.74) is 1.82. The van der Waals surface area contributed by atoms with Crippen molar-refractivity contribution in [2.75, 3.05) is 0 Å². The van der Waals surface area contributed by atoms with Crippen LogP contribution in [0.5, 0.6) is 0 Å². The second-order valence-corrected chi connectivity index (χ2v) is 3.35. The average Bonchev–Trinajstić information content (AvgIpc) is 2.03. The molecule has 0 radical (unpaired) electrons. The number of hydrogen-bond donors (Lipinski definition) is 1. The second kappa shape index (κ2) is 3.74. The monoisotopic (exact) mass is 181 g/mol. The predicted molar refractivity (Wildman–Crippen MR) is 51.2 cm³/mol. The summed E-state index contributed by atoms with van der Waals surface area (Å²) in [6, 6.07) is 5.64. The molecule has 0 heterocycles. The molecule has 0 aromatic heterocycles. The largest absolute Gasteiger partial charge is 0.294 e. The highest BCUT2D eigenvalue weighted by Gasteiger charge is 2.05. The van der Waals surface area contributed by atoms with Gasteiger partial charge in [-0.15, -0.1) is 0 Å².